The first-order valence-electron chi connectivity index (χ1n) is 5.95. The number of benzene rings is 1. The minimum absolute atomic E-state index is 0.0484. The summed E-state index contributed by atoms with van der Waals surface area (Å²) in [5.41, 5.74) is 0.367. The number of aliphatic hydroxyl groups excluding tert-OH is 1. The number of nitro groups is 1. The van der Waals surface area contributed by atoms with Crippen LogP contribution in [0.3, 0.4) is 0 Å². The van der Waals surface area contributed by atoms with Crippen molar-refractivity contribution in [3.8, 4) is 5.75 Å². The van der Waals surface area contributed by atoms with Crippen LogP contribution in [0.4, 0.5) is 11.4 Å². The highest BCUT2D eigenvalue weighted by molar-refractivity contribution is 5.68. The van der Waals surface area contributed by atoms with Crippen molar-refractivity contribution in [2.45, 2.75) is 19.8 Å². The van der Waals surface area contributed by atoms with Crippen LogP contribution in [0.15, 0.2) is 18.2 Å². The van der Waals surface area contributed by atoms with Crippen molar-refractivity contribution >= 4 is 11.4 Å². The van der Waals surface area contributed by atoms with E-state index in [0.717, 1.165) is 6.42 Å². The van der Waals surface area contributed by atoms with Crippen molar-refractivity contribution < 1.29 is 14.8 Å². The van der Waals surface area contributed by atoms with Crippen molar-refractivity contribution in [2.75, 3.05) is 25.1 Å². The molecule has 0 unspecified atom stereocenters. The first-order chi connectivity index (χ1) is 8.70. The molecule has 0 aliphatic rings. The molecular formula is C12H18N2O4. The van der Waals surface area contributed by atoms with Gasteiger partial charge >= 0.3 is 5.69 Å². The number of hydrogen-bond donors (Lipinski definition) is 2. The Kier molecular flexibility index (Phi) is 5.93. The van der Waals surface area contributed by atoms with E-state index in [9.17, 15) is 10.1 Å². The molecule has 6 heteroatoms. The quantitative estimate of drug-likeness (QED) is 0.422. The lowest BCUT2D eigenvalue weighted by atomic mass is 10.2. The lowest BCUT2D eigenvalue weighted by Crippen LogP contribution is -2.07. The fourth-order valence-corrected chi connectivity index (χ4v) is 1.48. The fourth-order valence-electron chi connectivity index (χ4n) is 1.48. The van der Waals surface area contributed by atoms with E-state index in [-0.39, 0.29) is 18.0 Å². The van der Waals surface area contributed by atoms with Crippen LogP contribution in [0, 0.1) is 10.1 Å². The van der Waals surface area contributed by atoms with Gasteiger partial charge in [-0.3, -0.25) is 10.1 Å². The van der Waals surface area contributed by atoms with Gasteiger partial charge in [0.05, 0.1) is 11.5 Å². The monoisotopic (exact) mass is 254 g/mol. The van der Waals surface area contributed by atoms with E-state index in [2.05, 4.69) is 5.32 Å². The maximum atomic E-state index is 11.1. The number of rotatable bonds is 8. The van der Waals surface area contributed by atoms with Crippen LogP contribution in [-0.2, 0) is 0 Å². The Labute approximate surface area is 106 Å². The van der Waals surface area contributed by atoms with E-state index in [1.165, 1.54) is 0 Å². The van der Waals surface area contributed by atoms with E-state index >= 15 is 0 Å². The summed E-state index contributed by atoms with van der Waals surface area (Å²) in [7, 11) is 0. The predicted octanol–water partition coefficient (Wildman–Crippen LogP) is 2.18. The molecule has 0 bridgehead atoms. The predicted molar refractivity (Wildman–Crippen MR) is 69.1 cm³/mol. The number of aliphatic hydroxyl groups is 1. The second-order valence-electron chi connectivity index (χ2n) is 3.76. The first kappa shape index (κ1) is 14.2. The van der Waals surface area contributed by atoms with Gasteiger partial charge in [-0.1, -0.05) is 13.0 Å². The molecule has 1 aromatic carbocycles. The Morgan fingerprint density at radius 2 is 2.28 bits per heavy atom. The normalized spacial score (nSPS) is 10.1. The molecule has 0 aromatic heterocycles. The van der Waals surface area contributed by atoms with Crippen LogP contribution in [-0.4, -0.2) is 29.8 Å². The van der Waals surface area contributed by atoms with E-state index in [1.54, 1.807) is 18.2 Å². The van der Waals surface area contributed by atoms with Gasteiger partial charge in [-0.15, -0.1) is 0 Å². The van der Waals surface area contributed by atoms with Gasteiger partial charge in [-0.25, -0.2) is 0 Å². The van der Waals surface area contributed by atoms with Gasteiger partial charge < -0.3 is 15.2 Å². The molecule has 2 N–H and O–H groups in total. The molecule has 1 rings (SSSR count). The number of nitrogens with zero attached hydrogens (tertiary/aromatic N) is 1. The topological polar surface area (TPSA) is 84.6 Å². The lowest BCUT2D eigenvalue weighted by Gasteiger charge is -2.10. The second kappa shape index (κ2) is 7.50. The van der Waals surface area contributed by atoms with Gasteiger partial charge in [0.15, 0.2) is 5.75 Å². The van der Waals surface area contributed by atoms with Gasteiger partial charge in [0.1, 0.15) is 5.69 Å². The molecule has 0 saturated carbocycles. The van der Waals surface area contributed by atoms with Crippen LogP contribution in [0.25, 0.3) is 0 Å². The molecule has 0 fully saturated rings. The van der Waals surface area contributed by atoms with Crippen LogP contribution in [0.2, 0.25) is 0 Å². The third-order valence-electron chi connectivity index (χ3n) is 2.29. The third kappa shape index (κ3) is 3.89. The zero-order chi connectivity index (χ0) is 13.4. The van der Waals surface area contributed by atoms with Gasteiger partial charge in [-0.05, 0) is 25.0 Å². The van der Waals surface area contributed by atoms with E-state index < -0.39 is 4.92 Å². The zero-order valence-electron chi connectivity index (χ0n) is 10.4. The molecule has 18 heavy (non-hydrogen) atoms. The number of nitrogens with one attached hydrogen (secondary N) is 1. The second-order valence-corrected chi connectivity index (χ2v) is 3.76. The van der Waals surface area contributed by atoms with E-state index in [4.69, 9.17) is 9.84 Å². The van der Waals surface area contributed by atoms with Crippen molar-refractivity contribution in [3.05, 3.63) is 28.3 Å². The smallest absolute Gasteiger partial charge is 0.333 e. The van der Waals surface area contributed by atoms with E-state index in [1.807, 2.05) is 6.92 Å². The Balaban J connectivity index is 2.90. The van der Waals surface area contributed by atoms with Crippen LogP contribution >= 0.6 is 0 Å². The summed E-state index contributed by atoms with van der Waals surface area (Å²) >= 11 is 0. The number of para-hydroxylation sites is 1. The third-order valence-corrected chi connectivity index (χ3v) is 2.29. The largest absolute Gasteiger partial charge is 0.487 e. The molecule has 0 amide bonds. The maximum absolute atomic E-state index is 11.1. The van der Waals surface area contributed by atoms with Crippen LogP contribution in [0.1, 0.15) is 19.8 Å². The summed E-state index contributed by atoms with van der Waals surface area (Å²) in [5, 5.41) is 22.7. The highest BCUT2D eigenvalue weighted by Crippen LogP contribution is 2.34. The molecule has 0 radical (unpaired) electrons. The summed E-state index contributed by atoms with van der Waals surface area (Å²) in [6, 6.07) is 4.93. The van der Waals surface area contributed by atoms with Gasteiger partial charge in [0, 0.05) is 13.2 Å². The number of nitro benzene ring substituents is 1. The minimum atomic E-state index is -0.452. The molecule has 0 heterocycles. The van der Waals surface area contributed by atoms with Gasteiger partial charge in [0.25, 0.3) is 0 Å². The molecule has 0 saturated heterocycles. The average Bonchev–Trinajstić information content (AvgIpc) is 2.36. The number of hydrogen-bond acceptors (Lipinski definition) is 5. The van der Waals surface area contributed by atoms with Crippen molar-refractivity contribution in [3.63, 3.8) is 0 Å². The molecule has 100 valence electrons. The Morgan fingerprint density at radius 1 is 1.50 bits per heavy atom. The SMILES string of the molecule is CCCOc1cccc(NCCCO)c1[N+](=O)[O-]. The van der Waals surface area contributed by atoms with Gasteiger partial charge in [0.2, 0.25) is 0 Å². The van der Waals surface area contributed by atoms with Crippen molar-refractivity contribution in [1.82, 2.24) is 0 Å². The minimum Gasteiger partial charge on any atom is -0.487 e. The highest BCUT2D eigenvalue weighted by Gasteiger charge is 2.20. The molecule has 0 aliphatic heterocycles. The summed E-state index contributed by atoms with van der Waals surface area (Å²) in [6.45, 7) is 2.91. The summed E-state index contributed by atoms with van der Waals surface area (Å²) in [4.78, 5) is 10.6. The Hall–Kier alpha value is -1.82. The van der Waals surface area contributed by atoms with Crippen LogP contribution < -0.4 is 10.1 Å². The maximum Gasteiger partial charge on any atom is 0.333 e. The standard InChI is InChI=1S/C12H18N2O4/c1-2-9-18-11-6-3-5-10(12(11)14(16)17)13-7-4-8-15/h3,5-6,13,15H,2,4,7-9H2,1H3. The lowest BCUT2D eigenvalue weighted by molar-refractivity contribution is -0.385. The molecule has 0 atom stereocenters. The zero-order valence-corrected chi connectivity index (χ0v) is 10.4. The fraction of sp³-hybridized carbons (Fsp3) is 0.500. The molecule has 1 aromatic rings. The Bertz CT molecular complexity index is 396. The molecule has 6 nitrogen and oxygen atoms in total. The van der Waals surface area contributed by atoms with Crippen molar-refractivity contribution in [1.29, 1.82) is 0 Å². The average molecular weight is 254 g/mol. The summed E-state index contributed by atoms with van der Waals surface area (Å²) in [5.74, 6) is 0.274. The first-order valence-corrected chi connectivity index (χ1v) is 5.95. The molecule has 0 spiro atoms. The number of anilines is 1. The van der Waals surface area contributed by atoms with Gasteiger partial charge in [-0.2, -0.15) is 0 Å². The summed E-state index contributed by atoms with van der Waals surface area (Å²) in [6.07, 6.45) is 1.33. The van der Waals surface area contributed by atoms with E-state index in [0.29, 0.717) is 25.3 Å². The Morgan fingerprint density at radius 3 is 2.89 bits per heavy atom. The summed E-state index contributed by atoms with van der Waals surface area (Å²) < 4.78 is 5.36. The molecule has 0 aliphatic carbocycles. The highest BCUT2D eigenvalue weighted by atomic mass is 16.6. The van der Waals surface area contributed by atoms with Crippen molar-refractivity contribution in [2.24, 2.45) is 0 Å². The number of ether oxygens (including phenoxy) is 1. The van der Waals surface area contributed by atoms with Crippen LogP contribution in [0.5, 0.6) is 5.75 Å². The molecular weight excluding hydrogens is 236 g/mol.